The Bertz CT molecular complexity index is 588. The van der Waals surface area contributed by atoms with E-state index in [1.807, 2.05) is 12.1 Å². The molecule has 1 aromatic carbocycles. The third kappa shape index (κ3) is 6.32. The van der Waals surface area contributed by atoms with Crippen LogP contribution in [0.2, 0.25) is 0 Å². The number of carbonyl (C=O) groups excluding carboxylic acids is 1. The van der Waals surface area contributed by atoms with Crippen molar-refractivity contribution in [3.63, 3.8) is 0 Å². The molecule has 1 amide bonds. The maximum absolute atomic E-state index is 12.0. The summed E-state index contributed by atoms with van der Waals surface area (Å²) in [6, 6.07) is 8.33. The maximum atomic E-state index is 12.0. The average Bonchev–Trinajstić information content (AvgIpc) is 2.56. The number of nitrogens with one attached hydrogen (secondary N) is 1. The normalized spacial score (nSPS) is 15.7. The molecule has 1 aliphatic heterocycles. The molecule has 0 saturated carbocycles. The number of carbonyl (C=O) groups is 1. The summed E-state index contributed by atoms with van der Waals surface area (Å²) < 4.78 is 40.4. The van der Waals surface area contributed by atoms with Gasteiger partial charge >= 0.3 is 6.18 Å². The second kappa shape index (κ2) is 8.19. The smallest absolute Gasteiger partial charge is 0.372 e. The molecule has 140 valence electrons. The number of hydrogen-bond acceptors (Lipinski definition) is 3. The molecule has 1 N–H and O–H groups in total. The average molecular weight is 358 g/mol. The van der Waals surface area contributed by atoms with Gasteiger partial charge in [-0.1, -0.05) is 24.3 Å². The summed E-state index contributed by atoms with van der Waals surface area (Å²) in [5, 5.41) is 2.80. The minimum Gasteiger partial charge on any atom is -0.372 e. The summed E-state index contributed by atoms with van der Waals surface area (Å²) in [5.74, 6) is -0.298. The summed E-state index contributed by atoms with van der Waals surface area (Å²) >= 11 is 0. The highest BCUT2D eigenvalue weighted by atomic mass is 19.4. The van der Waals surface area contributed by atoms with Crippen molar-refractivity contribution in [1.29, 1.82) is 0 Å². The first-order chi connectivity index (χ1) is 11.7. The second-order valence-corrected chi connectivity index (χ2v) is 6.95. The van der Waals surface area contributed by atoms with Gasteiger partial charge in [-0.05, 0) is 31.4 Å². The van der Waals surface area contributed by atoms with E-state index in [0.29, 0.717) is 6.54 Å². The SMILES string of the molecule is CC(C)(CNC(=O)CCOCC(F)(F)F)N1CCc2ccccc2C1. The number of alkyl halides is 3. The van der Waals surface area contributed by atoms with Crippen molar-refractivity contribution >= 4 is 5.91 Å². The van der Waals surface area contributed by atoms with Crippen LogP contribution in [0.5, 0.6) is 0 Å². The molecule has 4 nitrogen and oxygen atoms in total. The van der Waals surface area contributed by atoms with Gasteiger partial charge in [0.1, 0.15) is 6.61 Å². The maximum Gasteiger partial charge on any atom is 0.411 e. The van der Waals surface area contributed by atoms with Crippen molar-refractivity contribution in [3.8, 4) is 0 Å². The Hall–Kier alpha value is -1.60. The molecule has 1 aromatic rings. The second-order valence-electron chi connectivity index (χ2n) is 6.95. The number of amides is 1. The number of nitrogens with zero attached hydrogens (tertiary/aromatic N) is 1. The highest BCUT2D eigenvalue weighted by Gasteiger charge is 2.30. The molecule has 0 spiro atoms. The molecule has 0 aromatic heterocycles. The Morgan fingerprint density at radius 2 is 1.92 bits per heavy atom. The van der Waals surface area contributed by atoms with Crippen LogP contribution in [0.4, 0.5) is 13.2 Å². The van der Waals surface area contributed by atoms with Crippen LogP contribution in [-0.4, -0.2) is 48.8 Å². The van der Waals surface area contributed by atoms with Gasteiger partial charge in [-0.15, -0.1) is 0 Å². The molecule has 0 bridgehead atoms. The number of fused-ring (bicyclic) bond motifs is 1. The molecule has 7 heteroatoms. The summed E-state index contributed by atoms with van der Waals surface area (Å²) in [7, 11) is 0. The van der Waals surface area contributed by atoms with E-state index in [1.165, 1.54) is 11.1 Å². The van der Waals surface area contributed by atoms with Gasteiger partial charge in [-0.2, -0.15) is 13.2 Å². The van der Waals surface area contributed by atoms with Crippen molar-refractivity contribution in [2.45, 2.75) is 44.9 Å². The van der Waals surface area contributed by atoms with E-state index in [-0.39, 0.29) is 24.5 Å². The number of halogens is 3. The van der Waals surface area contributed by atoms with Crippen molar-refractivity contribution < 1.29 is 22.7 Å². The van der Waals surface area contributed by atoms with Gasteiger partial charge in [0, 0.05) is 31.6 Å². The number of hydrogen-bond donors (Lipinski definition) is 1. The van der Waals surface area contributed by atoms with Crippen molar-refractivity contribution in [3.05, 3.63) is 35.4 Å². The fourth-order valence-corrected chi connectivity index (χ4v) is 2.88. The Balaban J connectivity index is 1.75. The third-order valence-corrected chi connectivity index (χ3v) is 4.44. The van der Waals surface area contributed by atoms with Crippen LogP contribution in [0.1, 0.15) is 31.4 Å². The Labute approximate surface area is 146 Å². The monoisotopic (exact) mass is 358 g/mol. The lowest BCUT2D eigenvalue weighted by molar-refractivity contribution is -0.174. The topological polar surface area (TPSA) is 41.6 Å². The van der Waals surface area contributed by atoms with E-state index in [0.717, 1.165) is 19.5 Å². The summed E-state index contributed by atoms with van der Waals surface area (Å²) in [5.41, 5.74) is 2.42. The molecule has 2 rings (SSSR count). The summed E-state index contributed by atoms with van der Waals surface area (Å²) in [6.07, 6.45) is -3.46. The zero-order valence-electron chi connectivity index (χ0n) is 14.7. The fourth-order valence-electron chi connectivity index (χ4n) is 2.88. The molecular weight excluding hydrogens is 333 g/mol. The number of ether oxygens (including phenoxy) is 1. The van der Waals surface area contributed by atoms with E-state index in [2.05, 4.69) is 40.9 Å². The molecule has 0 radical (unpaired) electrons. The van der Waals surface area contributed by atoms with Gasteiger partial charge in [0.05, 0.1) is 6.61 Å². The lowest BCUT2D eigenvalue weighted by Gasteiger charge is -2.41. The van der Waals surface area contributed by atoms with Gasteiger partial charge in [0.2, 0.25) is 5.91 Å². The molecule has 0 aliphatic carbocycles. The highest BCUT2D eigenvalue weighted by Crippen LogP contribution is 2.24. The minimum atomic E-state index is -4.36. The molecule has 0 atom stereocenters. The first-order valence-corrected chi connectivity index (χ1v) is 8.40. The minimum absolute atomic E-state index is 0.0744. The van der Waals surface area contributed by atoms with Crippen LogP contribution >= 0.6 is 0 Å². The van der Waals surface area contributed by atoms with Crippen LogP contribution in [-0.2, 0) is 22.5 Å². The zero-order valence-corrected chi connectivity index (χ0v) is 14.7. The van der Waals surface area contributed by atoms with E-state index in [1.54, 1.807) is 0 Å². The van der Waals surface area contributed by atoms with Crippen molar-refractivity contribution in [2.24, 2.45) is 0 Å². The molecule has 0 fully saturated rings. The van der Waals surface area contributed by atoms with Crippen LogP contribution in [0.15, 0.2) is 24.3 Å². The quantitative estimate of drug-likeness (QED) is 0.762. The largest absolute Gasteiger partial charge is 0.411 e. The Morgan fingerprint density at radius 3 is 2.60 bits per heavy atom. The van der Waals surface area contributed by atoms with Gasteiger partial charge < -0.3 is 10.1 Å². The summed E-state index contributed by atoms with van der Waals surface area (Å²) in [4.78, 5) is 14.1. The van der Waals surface area contributed by atoms with Crippen molar-refractivity contribution in [1.82, 2.24) is 10.2 Å². The predicted molar refractivity (Wildman–Crippen MR) is 89.1 cm³/mol. The lowest BCUT2D eigenvalue weighted by atomic mass is 9.94. The van der Waals surface area contributed by atoms with Crippen molar-refractivity contribution in [2.75, 3.05) is 26.3 Å². The van der Waals surface area contributed by atoms with Gasteiger partial charge in [0.25, 0.3) is 0 Å². The van der Waals surface area contributed by atoms with Gasteiger partial charge in [-0.25, -0.2) is 0 Å². The molecular formula is C18H25F3N2O2. The van der Waals surface area contributed by atoms with Crippen LogP contribution in [0, 0.1) is 0 Å². The zero-order chi connectivity index (χ0) is 18.5. The third-order valence-electron chi connectivity index (χ3n) is 4.44. The molecule has 0 saturated heterocycles. The van der Waals surface area contributed by atoms with E-state index >= 15 is 0 Å². The van der Waals surface area contributed by atoms with Crippen LogP contribution < -0.4 is 5.32 Å². The molecule has 25 heavy (non-hydrogen) atoms. The van der Waals surface area contributed by atoms with E-state index in [4.69, 9.17) is 0 Å². The van der Waals surface area contributed by atoms with E-state index < -0.39 is 12.8 Å². The highest BCUT2D eigenvalue weighted by molar-refractivity contribution is 5.76. The Morgan fingerprint density at radius 1 is 1.24 bits per heavy atom. The van der Waals surface area contributed by atoms with Crippen LogP contribution in [0.25, 0.3) is 0 Å². The fraction of sp³-hybridized carbons (Fsp3) is 0.611. The first kappa shape index (κ1) is 19.7. The van der Waals surface area contributed by atoms with Crippen LogP contribution in [0.3, 0.4) is 0 Å². The standard InChI is InChI=1S/C18H25F3N2O2/c1-17(2,12-22-16(24)8-10-25-13-18(19,20)21)23-9-7-14-5-3-4-6-15(14)11-23/h3-6H,7-13H2,1-2H3,(H,22,24). The Kier molecular flexibility index (Phi) is 6.46. The molecule has 1 heterocycles. The number of rotatable bonds is 7. The predicted octanol–water partition coefficient (Wildman–Crippen LogP) is 2.91. The summed E-state index contributed by atoms with van der Waals surface area (Å²) in [6.45, 7) is 4.74. The first-order valence-electron chi connectivity index (χ1n) is 8.40. The number of benzene rings is 1. The van der Waals surface area contributed by atoms with Gasteiger partial charge in [0.15, 0.2) is 0 Å². The molecule has 1 aliphatic rings. The molecule has 0 unspecified atom stereocenters. The van der Waals surface area contributed by atoms with E-state index in [9.17, 15) is 18.0 Å². The lowest BCUT2D eigenvalue weighted by Crippen LogP contribution is -2.53. The van der Waals surface area contributed by atoms with Gasteiger partial charge in [-0.3, -0.25) is 9.69 Å².